The number of benzene rings is 1. The number of aliphatic hydroxyl groups is 1. The van der Waals surface area contributed by atoms with E-state index in [4.69, 9.17) is 11.6 Å². The second kappa shape index (κ2) is 6.83. The van der Waals surface area contributed by atoms with Crippen molar-refractivity contribution in [2.75, 3.05) is 5.88 Å². The third-order valence-electron chi connectivity index (χ3n) is 2.80. The van der Waals surface area contributed by atoms with E-state index in [2.05, 4.69) is 0 Å². The Morgan fingerprint density at radius 2 is 2.12 bits per heavy atom. The van der Waals surface area contributed by atoms with Crippen LogP contribution in [-0.2, 0) is 5.60 Å². The van der Waals surface area contributed by atoms with Crippen LogP contribution in [-0.4, -0.2) is 11.0 Å². The molecule has 1 unspecified atom stereocenters. The molecule has 0 aromatic heterocycles. The zero-order valence-electron chi connectivity index (χ0n) is 10.6. The first-order valence-electron chi connectivity index (χ1n) is 6.09. The first kappa shape index (κ1) is 14.3. The molecule has 1 aromatic carbocycles. The average Bonchev–Trinajstić information content (AvgIpc) is 2.29. The molecule has 2 heteroatoms. The molecular formula is C15H21ClO. The fourth-order valence-corrected chi connectivity index (χ4v) is 1.91. The summed E-state index contributed by atoms with van der Waals surface area (Å²) >= 11 is 5.61. The van der Waals surface area contributed by atoms with Crippen molar-refractivity contribution in [1.82, 2.24) is 0 Å². The molecule has 0 aliphatic heterocycles. The van der Waals surface area contributed by atoms with Crippen LogP contribution in [0.4, 0.5) is 0 Å². The first-order chi connectivity index (χ1) is 8.06. The summed E-state index contributed by atoms with van der Waals surface area (Å²) in [5.74, 6) is 0.710. The third kappa shape index (κ3) is 4.93. The van der Waals surface area contributed by atoms with Crippen molar-refractivity contribution in [3.05, 3.63) is 47.5 Å². The molecule has 1 atom stereocenters. The quantitative estimate of drug-likeness (QED) is 0.458. The number of aryl methyl sites for hydroxylation is 1. The van der Waals surface area contributed by atoms with Crippen molar-refractivity contribution in [3.63, 3.8) is 0 Å². The normalized spacial score (nSPS) is 15.1. The van der Waals surface area contributed by atoms with Crippen LogP contribution in [0.1, 0.15) is 37.3 Å². The van der Waals surface area contributed by atoms with E-state index in [-0.39, 0.29) is 0 Å². The van der Waals surface area contributed by atoms with Gasteiger partial charge in [0, 0.05) is 5.88 Å². The maximum Gasteiger partial charge on any atom is 0.105 e. The monoisotopic (exact) mass is 252 g/mol. The average molecular weight is 253 g/mol. The third-order valence-corrected chi connectivity index (χ3v) is 3.07. The van der Waals surface area contributed by atoms with Crippen molar-refractivity contribution >= 4 is 11.6 Å². The fourth-order valence-electron chi connectivity index (χ4n) is 1.73. The Morgan fingerprint density at radius 3 is 2.76 bits per heavy atom. The topological polar surface area (TPSA) is 20.2 Å². The van der Waals surface area contributed by atoms with Gasteiger partial charge in [0.1, 0.15) is 5.60 Å². The highest BCUT2D eigenvalue weighted by molar-refractivity contribution is 6.17. The predicted molar refractivity (Wildman–Crippen MR) is 74.5 cm³/mol. The van der Waals surface area contributed by atoms with E-state index in [0.29, 0.717) is 5.88 Å². The van der Waals surface area contributed by atoms with E-state index in [1.54, 1.807) is 0 Å². The Balaban J connectivity index is 2.61. The molecule has 17 heavy (non-hydrogen) atoms. The maximum absolute atomic E-state index is 10.4. The van der Waals surface area contributed by atoms with Gasteiger partial charge in [-0.05, 0) is 38.7 Å². The van der Waals surface area contributed by atoms with Gasteiger partial charge in [0.25, 0.3) is 0 Å². The molecule has 0 amide bonds. The van der Waals surface area contributed by atoms with E-state index in [1.165, 1.54) is 5.56 Å². The molecule has 0 saturated heterocycles. The zero-order valence-corrected chi connectivity index (χ0v) is 11.4. The molecule has 94 valence electrons. The Kier molecular flexibility index (Phi) is 5.73. The molecule has 1 aromatic rings. The van der Waals surface area contributed by atoms with E-state index >= 15 is 0 Å². The Hall–Kier alpha value is -0.790. The second-order valence-corrected chi connectivity index (χ2v) is 4.98. The number of hydrogen-bond acceptors (Lipinski definition) is 1. The lowest BCUT2D eigenvalue weighted by Gasteiger charge is -2.20. The van der Waals surface area contributed by atoms with Gasteiger partial charge in [0.05, 0.1) is 0 Å². The Labute approximate surface area is 109 Å². The molecule has 1 N–H and O–H groups in total. The highest BCUT2D eigenvalue weighted by Gasteiger charge is 2.18. The van der Waals surface area contributed by atoms with Gasteiger partial charge in [-0.3, -0.25) is 0 Å². The number of halogens is 1. The summed E-state index contributed by atoms with van der Waals surface area (Å²) < 4.78 is 0. The minimum absolute atomic E-state index is 0.710. The number of hydrogen-bond donors (Lipinski definition) is 1. The van der Waals surface area contributed by atoms with Crippen molar-refractivity contribution in [2.45, 2.75) is 38.7 Å². The summed E-state index contributed by atoms with van der Waals surface area (Å²) in [6, 6.07) is 7.98. The van der Waals surface area contributed by atoms with Crippen LogP contribution in [0.5, 0.6) is 0 Å². The molecule has 0 radical (unpaired) electrons. The van der Waals surface area contributed by atoms with Crippen LogP contribution in [0.15, 0.2) is 36.4 Å². The lowest BCUT2D eigenvalue weighted by Crippen LogP contribution is -2.17. The van der Waals surface area contributed by atoms with Gasteiger partial charge in [-0.2, -0.15) is 0 Å². The summed E-state index contributed by atoms with van der Waals surface area (Å²) in [5.41, 5.74) is 1.22. The largest absolute Gasteiger partial charge is 0.381 e. The molecule has 0 aliphatic rings. The SMILES string of the molecule is Cc1cccc(C(C)(O)/C=C/CCCCCl)c1. The van der Waals surface area contributed by atoms with E-state index in [1.807, 2.05) is 50.3 Å². The van der Waals surface area contributed by atoms with E-state index in [9.17, 15) is 5.11 Å². The molecule has 0 aliphatic carbocycles. The van der Waals surface area contributed by atoms with Crippen LogP contribution in [0, 0.1) is 6.92 Å². The van der Waals surface area contributed by atoms with Gasteiger partial charge in [-0.15, -0.1) is 11.6 Å². The number of unbranched alkanes of at least 4 members (excludes halogenated alkanes) is 2. The summed E-state index contributed by atoms with van der Waals surface area (Å²) in [4.78, 5) is 0. The minimum Gasteiger partial charge on any atom is -0.381 e. The summed E-state index contributed by atoms with van der Waals surface area (Å²) in [7, 11) is 0. The van der Waals surface area contributed by atoms with Gasteiger partial charge in [0.15, 0.2) is 0 Å². The van der Waals surface area contributed by atoms with Gasteiger partial charge in [-0.1, -0.05) is 42.0 Å². The van der Waals surface area contributed by atoms with Crippen molar-refractivity contribution in [3.8, 4) is 0 Å². The molecule has 1 nitrogen and oxygen atoms in total. The second-order valence-electron chi connectivity index (χ2n) is 4.60. The van der Waals surface area contributed by atoms with Gasteiger partial charge in [-0.25, -0.2) is 0 Å². The van der Waals surface area contributed by atoms with Crippen LogP contribution >= 0.6 is 11.6 Å². The predicted octanol–water partition coefficient (Wildman–Crippen LogP) is 4.17. The molecule has 1 rings (SSSR count). The molecule has 0 saturated carbocycles. The van der Waals surface area contributed by atoms with Crippen molar-refractivity contribution in [1.29, 1.82) is 0 Å². The van der Waals surface area contributed by atoms with Crippen molar-refractivity contribution < 1.29 is 5.11 Å². The van der Waals surface area contributed by atoms with E-state index < -0.39 is 5.60 Å². The van der Waals surface area contributed by atoms with Gasteiger partial charge in [0.2, 0.25) is 0 Å². The van der Waals surface area contributed by atoms with Crippen molar-refractivity contribution in [2.24, 2.45) is 0 Å². The lowest BCUT2D eigenvalue weighted by atomic mass is 9.94. The molecule has 0 fully saturated rings. The Morgan fingerprint density at radius 1 is 1.35 bits per heavy atom. The number of alkyl halides is 1. The lowest BCUT2D eigenvalue weighted by molar-refractivity contribution is 0.111. The standard InChI is InChI=1S/C15H21ClO/c1-13-8-7-9-14(12-13)15(2,17)10-5-3-4-6-11-16/h5,7-10,12,17H,3-4,6,11H2,1-2H3/b10-5+. The highest BCUT2D eigenvalue weighted by Crippen LogP contribution is 2.23. The van der Waals surface area contributed by atoms with E-state index in [0.717, 1.165) is 24.8 Å². The van der Waals surface area contributed by atoms with Crippen LogP contribution < -0.4 is 0 Å². The Bertz CT molecular complexity index is 369. The summed E-state index contributed by atoms with van der Waals surface area (Å²) in [6.07, 6.45) is 6.97. The van der Waals surface area contributed by atoms with Gasteiger partial charge >= 0.3 is 0 Å². The minimum atomic E-state index is -0.882. The molecular weight excluding hydrogens is 232 g/mol. The van der Waals surface area contributed by atoms with Gasteiger partial charge < -0.3 is 5.11 Å². The maximum atomic E-state index is 10.4. The summed E-state index contributed by atoms with van der Waals surface area (Å²) in [5, 5.41) is 10.4. The zero-order chi connectivity index (χ0) is 12.7. The fraction of sp³-hybridized carbons (Fsp3) is 0.467. The summed E-state index contributed by atoms with van der Waals surface area (Å²) in [6.45, 7) is 3.85. The smallest absolute Gasteiger partial charge is 0.105 e. The molecule has 0 heterocycles. The highest BCUT2D eigenvalue weighted by atomic mass is 35.5. The van der Waals surface area contributed by atoms with Crippen LogP contribution in [0.3, 0.4) is 0 Å². The number of allylic oxidation sites excluding steroid dienone is 1. The number of rotatable bonds is 6. The first-order valence-corrected chi connectivity index (χ1v) is 6.63. The molecule has 0 bridgehead atoms. The van der Waals surface area contributed by atoms with Crippen LogP contribution in [0.25, 0.3) is 0 Å². The molecule has 0 spiro atoms. The van der Waals surface area contributed by atoms with Crippen LogP contribution in [0.2, 0.25) is 0 Å².